The molecule has 0 aromatic rings. The maximum absolute atomic E-state index is 12.8. The molecule has 1 amide bonds. The number of amides is 1. The van der Waals surface area contributed by atoms with Gasteiger partial charge in [0.05, 0.1) is 12.0 Å². The molecule has 6 heteroatoms. The molecule has 0 bridgehead atoms. The predicted molar refractivity (Wildman–Crippen MR) is 94.0 cm³/mol. The molecule has 0 aromatic carbocycles. The van der Waals surface area contributed by atoms with Gasteiger partial charge in [0.1, 0.15) is 0 Å². The summed E-state index contributed by atoms with van der Waals surface area (Å²) in [5, 5.41) is 0. The molecule has 0 spiro atoms. The lowest BCUT2D eigenvalue weighted by molar-refractivity contribution is -0.157. The zero-order chi connectivity index (χ0) is 17.9. The SMILES string of the molecule is CCOC(=O)[C@@]12CCCN(CC3CCOCC3)C[C@@H]1CN(C(C)=O)C2. The van der Waals surface area contributed by atoms with Crippen LogP contribution in [0.2, 0.25) is 0 Å². The number of hydrogen-bond acceptors (Lipinski definition) is 5. The molecular formula is C19H32N2O4. The quantitative estimate of drug-likeness (QED) is 0.718. The highest BCUT2D eigenvalue weighted by molar-refractivity contribution is 5.81. The summed E-state index contributed by atoms with van der Waals surface area (Å²) in [6, 6.07) is 0. The number of carbonyl (C=O) groups is 2. The van der Waals surface area contributed by atoms with Gasteiger partial charge in [-0.1, -0.05) is 0 Å². The standard InChI is InChI=1S/C19H32N2O4/c1-3-25-18(23)19-7-4-8-20(11-16-5-9-24-10-6-16)12-17(19)13-21(14-19)15(2)22/h16-17H,3-14H2,1-2H3/t17-,19-/m1/s1. The third-order valence-corrected chi connectivity index (χ3v) is 6.26. The predicted octanol–water partition coefficient (Wildman–Crippen LogP) is 1.54. The number of rotatable bonds is 4. The van der Waals surface area contributed by atoms with Crippen molar-refractivity contribution in [1.82, 2.24) is 9.80 Å². The molecule has 0 N–H and O–H groups in total. The molecule has 3 fully saturated rings. The van der Waals surface area contributed by atoms with Crippen LogP contribution in [0.3, 0.4) is 0 Å². The van der Waals surface area contributed by atoms with Crippen molar-refractivity contribution in [2.24, 2.45) is 17.3 Å². The Morgan fingerprint density at radius 2 is 2.00 bits per heavy atom. The van der Waals surface area contributed by atoms with Crippen LogP contribution in [0.25, 0.3) is 0 Å². The minimum absolute atomic E-state index is 0.0627. The molecule has 0 saturated carbocycles. The van der Waals surface area contributed by atoms with Gasteiger partial charge in [0.15, 0.2) is 0 Å². The lowest BCUT2D eigenvalue weighted by Gasteiger charge is -2.33. The summed E-state index contributed by atoms with van der Waals surface area (Å²) in [5.41, 5.74) is -0.508. The molecule has 142 valence electrons. The van der Waals surface area contributed by atoms with Crippen LogP contribution in [-0.2, 0) is 19.1 Å². The molecule has 3 saturated heterocycles. The maximum atomic E-state index is 12.8. The summed E-state index contributed by atoms with van der Waals surface area (Å²) in [7, 11) is 0. The van der Waals surface area contributed by atoms with E-state index >= 15 is 0 Å². The normalized spacial score (nSPS) is 31.4. The van der Waals surface area contributed by atoms with E-state index < -0.39 is 5.41 Å². The van der Waals surface area contributed by atoms with Crippen molar-refractivity contribution < 1.29 is 19.1 Å². The number of likely N-dealkylation sites (tertiary alicyclic amines) is 2. The van der Waals surface area contributed by atoms with E-state index in [4.69, 9.17) is 9.47 Å². The largest absolute Gasteiger partial charge is 0.466 e. The highest BCUT2D eigenvalue weighted by atomic mass is 16.5. The van der Waals surface area contributed by atoms with Crippen LogP contribution in [-0.4, -0.2) is 74.2 Å². The Bertz CT molecular complexity index is 492. The fourth-order valence-electron chi connectivity index (χ4n) is 4.82. The summed E-state index contributed by atoms with van der Waals surface area (Å²) < 4.78 is 10.9. The second-order valence-corrected chi connectivity index (χ2v) is 7.89. The Morgan fingerprint density at radius 1 is 1.24 bits per heavy atom. The van der Waals surface area contributed by atoms with Gasteiger partial charge in [0.25, 0.3) is 0 Å². The lowest BCUT2D eigenvalue weighted by atomic mass is 9.75. The first kappa shape index (κ1) is 18.6. The first-order valence-corrected chi connectivity index (χ1v) is 9.78. The summed E-state index contributed by atoms with van der Waals surface area (Å²) in [5.74, 6) is 0.830. The highest BCUT2D eigenvalue weighted by Gasteiger charge is 2.54. The van der Waals surface area contributed by atoms with Crippen molar-refractivity contribution in [3.63, 3.8) is 0 Å². The average Bonchev–Trinajstić information content (AvgIpc) is 2.87. The Labute approximate surface area is 150 Å². The Hall–Kier alpha value is -1.14. The van der Waals surface area contributed by atoms with Gasteiger partial charge in [-0.05, 0) is 45.1 Å². The van der Waals surface area contributed by atoms with Gasteiger partial charge in [0, 0.05) is 52.2 Å². The second-order valence-electron chi connectivity index (χ2n) is 7.89. The molecule has 2 atom stereocenters. The fraction of sp³-hybridized carbons (Fsp3) is 0.895. The van der Waals surface area contributed by atoms with Crippen LogP contribution in [0.5, 0.6) is 0 Å². The third-order valence-electron chi connectivity index (χ3n) is 6.26. The average molecular weight is 352 g/mol. The van der Waals surface area contributed by atoms with E-state index in [1.807, 2.05) is 11.8 Å². The van der Waals surface area contributed by atoms with E-state index in [2.05, 4.69) is 4.90 Å². The van der Waals surface area contributed by atoms with Crippen molar-refractivity contribution in [3.05, 3.63) is 0 Å². The van der Waals surface area contributed by atoms with Gasteiger partial charge >= 0.3 is 5.97 Å². The minimum Gasteiger partial charge on any atom is -0.466 e. The minimum atomic E-state index is -0.508. The van der Waals surface area contributed by atoms with Gasteiger partial charge in [-0.2, -0.15) is 0 Å². The van der Waals surface area contributed by atoms with Gasteiger partial charge in [0.2, 0.25) is 5.91 Å². The highest BCUT2D eigenvalue weighted by Crippen LogP contribution is 2.44. The molecule has 0 unspecified atom stereocenters. The number of esters is 1. The number of fused-ring (bicyclic) bond motifs is 1. The molecular weight excluding hydrogens is 320 g/mol. The third kappa shape index (κ3) is 4.00. The lowest BCUT2D eigenvalue weighted by Crippen LogP contribution is -2.43. The van der Waals surface area contributed by atoms with Crippen LogP contribution in [0.15, 0.2) is 0 Å². The topological polar surface area (TPSA) is 59.1 Å². The monoisotopic (exact) mass is 352 g/mol. The van der Waals surface area contributed by atoms with Crippen molar-refractivity contribution in [2.45, 2.75) is 39.5 Å². The first-order chi connectivity index (χ1) is 12.0. The zero-order valence-corrected chi connectivity index (χ0v) is 15.7. The van der Waals surface area contributed by atoms with Crippen LogP contribution in [0, 0.1) is 17.3 Å². The van der Waals surface area contributed by atoms with E-state index in [0.717, 1.165) is 58.5 Å². The fourth-order valence-corrected chi connectivity index (χ4v) is 4.82. The summed E-state index contributed by atoms with van der Waals surface area (Å²) in [6.07, 6.45) is 4.07. The maximum Gasteiger partial charge on any atom is 0.314 e. The van der Waals surface area contributed by atoms with E-state index in [1.165, 1.54) is 0 Å². The van der Waals surface area contributed by atoms with E-state index in [1.54, 1.807) is 6.92 Å². The molecule has 3 heterocycles. The number of carbonyl (C=O) groups excluding carboxylic acids is 2. The summed E-state index contributed by atoms with van der Waals surface area (Å²) >= 11 is 0. The van der Waals surface area contributed by atoms with Gasteiger partial charge in [-0.3, -0.25) is 9.59 Å². The van der Waals surface area contributed by atoms with Crippen molar-refractivity contribution in [1.29, 1.82) is 0 Å². The Balaban J connectivity index is 1.72. The van der Waals surface area contributed by atoms with Crippen molar-refractivity contribution in [2.75, 3.05) is 52.5 Å². The molecule has 3 aliphatic rings. The smallest absolute Gasteiger partial charge is 0.314 e. The van der Waals surface area contributed by atoms with Gasteiger partial charge < -0.3 is 19.3 Å². The van der Waals surface area contributed by atoms with E-state index in [-0.39, 0.29) is 17.8 Å². The van der Waals surface area contributed by atoms with Crippen LogP contribution >= 0.6 is 0 Å². The summed E-state index contributed by atoms with van der Waals surface area (Å²) in [4.78, 5) is 29.1. The number of ether oxygens (including phenoxy) is 2. The molecule has 3 rings (SSSR count). The summed E-state index contributed by atoms with van der Waals surface area (Å²) in [6.45, 7) is 9.81. The number of hydrogen-bond donors (Lipinski definition) is 0. The van der Waals surface area contributed by atoms with Gasteiger partial charge in [-0.15, -0.1) is 0 Å². The molecule has 6 nitrogen and oxygen atoms in total. The Kier molecular flexibility index (Phi) is 6.00. The molecule has 3 aliphatic heterocycles. The molecule has 0 aliphatic carbocycles. The molecule has 0 radical (unpaired) electrons. The van der Waals surface area contributed by atoms with Crippen LogP contribution < -0.4 is 0 Å². The van der Waals surface area contributed by atoms with E-state index in [0.29, 0.717) is 25.6 Å². The molecule has 0 aromatic heterocycles. The Morgan fingerprint density at radius 3 is 2.68 bits per heavy atom. The van der Waals surface area contributed by atoms with E-state index in [9.17, 15) is 9.59 Å². The van der Waals surface area contributed by atoms with Crippen LogP contribution in [0.1, 0.15) is 39.5 Å². The first-order valence-electron chi connectivity index (χ1n) is 9.78. The van der Waals surface area contributed by atoms with Crippen molar-refractivity contribution in [3.8, 4) is 0 Å². The second kappa shape index (κ2) is 8.04. The van der Waals surface area contributed by atoms with Gasteiger partial charge in [-0.25, -0.2) is 0 Å². The van der Waals surface area contributed by atoms with Crippen LogP contribution in [0.4, 0.5) is 0 Å². The number of nitrogens with zero attached hydrogens (tertiary/aromatic N) is 2. The molecule has 25 heavy (non-hydrogen) atoms. The zero-order valence-electron chi connectivity index (χ0n) is 15.7. The van der Waals surface area contributed by atoms with Crippen molar-refractivity contribution >= 4 is 11.9 Å².